The topological polar surface area (TPSA) is 52.9 Å². The summed E-state index contributed by atoms with van der Waals surface area (Å²) in [5.74, 6) is 2.83. The zero-order chi connectivity index (χ0) is 15.2. The van der Waals surface area contributed by atoms with Crippen LogP contribution in [0.5, 0.6) is 17.2 Å². The van der Waals surface area contributed by atoms with Gasteiger partial charge in [-0.15, -0.1) is 0 Å². The van der Waals surface area contributed by atoms with Crippen LogP contribution in [0.25, 0.3) is 0 Å². The number of benzene rings is 1. The van der Waals surface area contributed by atoms with E-state index in [1.165, 1.54) is 0 Å². The lowest BCUT2D eigenvalue weighted by Crippen LogP contribution is -2.18. The predicted molar refractivity (Wildman–Crippen MR) is 80.1 cm³/mol. The zero-order valence-electron chi connectivity index (χ0n) is 12.8. The van der Waals surface area contributed by atoms with Crippen molar-refractivity contribution in [3.05, 3.63) is 41.9 Å². The Bertz CT molecular complexity index is 566. The highest BCUT2D eigenvalue weighted by Crippen LogP contribution is 2.39. The van der Waals surface area contributed by atoms with Crippen molar-refractivity contribution in [2.45, 2.75) is 19.5 Å². The molecule has 5 nitrogen and oxygen atoms in total. The third-order valence-corrected chi connectivity index (χ3v) is 3.35. The molecule has 2 aromatic rings. The first kappa shape index (κ1) is 15.3. The van der Waals surface area contributed by atoms with Crippen LogP contribution in [0.1, 0.15) is 24.3 Å². The molecule has 0 aliphatic carbocycles. The smallest absolute Gasteiger partial charge is 0.203 e. The van der Waals surface area contributed by atoms with Crippen molar-refractivity contribution >= 4 is 0 Å². The van der Waals surface area contributed by atoms with Crippen LogP contribution in [-0.4, -0.2) is 21.3 Å². The van der Waals surface area contributed by atoms with Gasteiger partial charge in [-0.2, -0.15) is 0 Å². The molecule has 1 unspecified atom stereocenters. The average Bonchev–Trinajstić information content (AvgIpc) is 3.05. The van der Waals surface area contributed by atoms with Crippen LogP contribution >= 0.6 is 0 Å². The first-order chi connectivity index (χ1) is 10.2. The molecule has 0 spiro atoms. The Morgan fingerprint density at radius 1 is 1.05 bits per heavy atom. The zero-order valence-corrected chi connectivity index (χ0v) is 12.8. The van der Waals surface area contributed by atoms with Gasteiger partial charge in [-0.3, -0.25) is 0 Å². The summed E-state index contributed by atoms with van der Waals surface area (Å²) in [5.41, 5.74) is 0.994. The van der Waals surface area contributed by atoms with Gasteiger partial charge < -0.3 is 23.9 Å². The van der Waals surface area contributed by atoms with E-state index < -0.39 is 0 Å². The van der Waals surface area contributed by atoms with Crippen LogP contribution in [0, 0.1) is 0 Å². The molecule has 0 radical (unpaired) electrons. The number of rotatable bonds is 7. The highest BCUT2D eigenvalue weighted by Gasteiger charge is 2.16. The molecule has 1 N–H and O–H groups in total. The number of furan rings is 1. The molecular formula is C16H21NO4. The van der Waals surface area contributed by atoms with Gasteiger partial charge in [0, 0.05) is 12.1 Å². The number of hydrogen-bond acceptors (Lipinski definition) is 5. The molecule has 1 heterocycles. The molecule has 0 aliphatic heterocycles. The fraction of sp³-hybridized carbons (Fsp3) is 0.375. The molecule has 0 saturated carbocycles. The summed E-state index contributed by atoms with van der Waals surface area (Å²) in [6, 6.07) is 7.77. The van der Waals surface area contributed by atoms with Crippen LogP contribution in [-0.2, 0) is 6.54 Å². The third-order valence-electron chi connectivity index (χ3n) is 3.35. The molecule has 0 bridgehead atoms. The number of methoxy groups -OCH3 is 3. The maximum atomic E-state index is 5.46. The van der Waals surface area contributed by atoms with Crippen molar-refractivity contribution in [3.8, 4) is 17.2 Å². The van der Waals surface area contributed by atoms with Gasteiger partial charge in [0.25, 0.3) is 0 Å². The first-order valence-electron chi connectivity index (χ1n) is 6.75. The van der Waals surface area contributed by atoms with E-state index in [4.69, 9.17) is 18.6 Å². The summed E-state index contributed by atoms with van der Waals surface area (Å²) in [4.78, 5) is 0. The highest BCUT2D eigenvalue weighted by atomic mass is 16.5. The van der Waals surface area contributed by atoms with E-state index in [-0.39, 0.29) is 6.04 Å². The molecular weight excluding hydrogens is 270 g/mol. The second-order valence-corrected chi connectivity index (χ2v) is 4.61. The Kier molecular flexibility index (Phi) is 5.11. The Balaban J connectivity index is 2.16. The average molecular weight is 291 g/mol. The summed E-state index contributed by atoms with van der Waals surface area (Å²) < 4.78 is 21.5. The van der Waals surface area contributed by atoms with Gasteiger partial charge >= 0.3 is 0 Å². The van der Waals surface area contributed by atoms with Gasteiger partial charge in [0.15, 0.2) is 11.5 Å². The molecule has 1 atom stereocenters. The fourth-order valence-electron chi connectivity index (χ4n) is 2.20. The van der Waals surface area contributed by atoms with Crippen molar-refractivity contribution in [2.75, 3.05) is 21.3 Å². The quantitative estimate of drug-likeness (QED) is 0.849. The minimum Gasteiger partial charge on any atom is -0.493 e. The Morgan fingerprint density at radius 2 is 1.81 bits per heavy atom. The van der Waals surface area contributed by atoms with Gasteiger partial charge in [0.05, 0.1) is 33.6 Å². The minimum absolute atomic E-state index is 0.109. The van der Waals surface area contributed by atoms with Crippen LogP contribution in [0.3, 0.4) is 0 Å². The van der Waals surface area contributed by atoms with Crippen LogP contribution in [0.4, 0.5) is 0 Å². The van der Waals surface area contributed by atoms with E-state index in [9.17, 15) is 0 Å². The van der Waals surface area contributed by atoms with Crippen molar-refractivity contribution in [2.24, 2.45) is 0 Å². The number of hydrogen-bond donors (Lipinski definition) is 1. The molecule has 0 aliphatic rings. The van der Waals surface area contributed by atoms with Gasteiger partial charge in [-0.05, 0) is 25.1 Å². The molecule has 114 valence electrons. The summed E-state index contributed by atoms with van der Waals surface area (Å²) in [5, 5.41) is 3.39. The van der Waals surface area contributed by atoms with Crippen molar-refractivity contribution in [1.82, 2.24) is 5.32 Å². The third kappa shape index (κ3) is 3.31. The maximum Gasteiger partial charge on any atom is 0.203 e. The van der Waals surface area contributed by atoms with E-state index in [1.807, 2.05) is 31.2 Å². The van der Waals surface area contributed by atoms with Crippen LogP contribution < -0.4 is 19.5 Å². The van der Waals surface area contributed by atoms with Crippen LogP contribution in [0.15, 0.2) is 34.9 Å². The molecule has 0 amide bonds. The molecule has 0 fully saturated rings. The Morgan fingerprint density at radius 3 is 2.38 bits per heavy atom. The maximum absolute atomic E-state index is 5.46. The Labute approximate surface area is 124 Å². The lowest BCUT2D eigenvalue weighted by atomic mass is 10.1. The molecule has 5 heteroatoms. The Hall–Kier alpha value is -2.14. The van der Waals surface area contributed by atoms with Gasteiger partial charge in [0.1, 0.15) is 5.76 Å². The van der Waals surface area contributed by atoms with E-state index in [0.29, 0.717) is 23.8 Å². The highest BCUT2D eigenvalue weighted by molar-refractivity contribution is 5.55. The van der Waals surface area contributed by atoms with Crippen molar-refractivity contribution in [3.63, 3.8) is 0 Å². The monoisotopic (exact) mass is 291 g/mol. The van der Waals surface area contributed by atoms with E-state index in [1.54, 1.807) is 27.6 Å². The lowest BCUT2D eigenvalue weighted by molar-refractivity contribution is 0.321. The second kappa shape index (κ2) is 7.04. The van der Waals surface area contributed by atoms with E-state index >= 15 is 0 Å². The van der Waals surface area contributed by atoms with E-state index in [0.717, 1.165) is 11.3 Å². The summed E-state index contributed by atoms with van der Waals surface area (Å²) >= 11 is 0. The predicted octanol–water partition coefficient (Wildman–Crippen LogP) is 3.16. The van der Waals surface area contributed by atoms with Gasteiger partial charge in [-0.1, -0.05) is 6.07 Å². The summed E-state index contributed by atoms with van der Waals surface area (Å²) in [6.45, 7) is 2.68. The standard InChI is InChI=1S/C16H21NO4/c1-11(13-6-5-9-21-13)17-10-12-7-8-14(18-2)16(20-4)15(12)19-3/h5-9,11,17H,10H2,1-4H3. The van der Waals surface area contributed by atoms with Gasteiger partial charge in [0.2, 0.25) is 5.75 Å². The second-order valence-electron chi connectivity index (χ2n) is 4.61. The summed E-state index contributed by atoms with van der Waals surface area (Å²) in [6.07, 6.45) is 1.67. The van der Waals surface area contributed by atoms with Crippen molar-refractivity contribution in [1.29, 1.82) is 0 Å². The molecule has 21 heavy (non-hydrogen) atoms. The number of nitrogens with one attached hydrogen (secondary N) is 1. The fourth-order valence-corrected chi connectivity index (χ4v) is 2.20. The van der Waals surface area contributed by atoms with Gasteiger partial charge in [-0.25, -0.2) is 0 Å². The largest absolute Gasteiger partial charge is 0.493 e. The van der Waals surface area contributed by atoms with E-state index in [2.05, 4.69) is 5.32 Å². The first-order valence-corrected chi connectivity index (χ1v) is 6.75. The lowest BCUT2D eigenvalue weighted by Gasteiger charge is -2.17. The SMILES string of the molecule is COc1ccc(CNC(C)c2ccco2)c(OC)c1OC. The normalized spacial score (nSPS) is 12.0. The number of ether oxygens (including phenoxy) is 3. The van der Waals surface area contributed by atoms with Crippen molar-refractivity contribution < 1.29 is 18.6 Å². The minimum atomic E-state index is 0.109. The van der Waals surface area contributed by atoms with Crippen LogP contribution in [0.2, 0.25) is 0 Å². The molecule has 0 saturated heterocycles. The summed E-state index contributed by atoms with van der Waals surface area (Å²) in [7, 11) is 4.83. The molecule has 2 rings (SSSR count). The molecule has 1 aromatic carbocycles. The molecule has 1 aromatic heterocycles.